The molecule has 1 saturated heterocycles. The molecule has 1 N–H and O–H groups in total. The summed E-state index contributed by atoms with van der Waals surface area (Å²) in [5.41, 5.74) is 1.07. The van der Waals surface area contributed by atoms with Gasteiger partial charge in [0, 0.05) is 24.7 Å². The first-order valence-corrected chi connectivity index (χ1v) is 2.26. The summed E-state index contributed by atoms with van der Waals surface area (Å²) in [4.78, 5) is 0. The van der Waals surface area contributed by atoms with E-state index in [2.05, 4.69) is 5.32 Å². The second-order valence-corrected chi connectivity index (χ2v) is 1.48. The third-order valence-corrected chi connectivity index (χ3v) is 0.985. The fourth-order valence-corrected chi connectivity index (χ4v) is 0.470. The van der Waals surface area contributed by atoms with E-state index in [1.54, 1.807) is 6.08 Å². The largest absolute Gasteiger partial charge is 0.387 e. The number of nitrogens with one attached hydrogen (secondary N) is 1. The normalized spacial score (nSPS) is 22.4. The molecule has 0 unspecified atom stereocenters. The summed E-state index contributed by atoms with van der Waals surface area (Å²) in [5.74, 6) is 0. The van der Waals surface area contributed by atoms with E-state index in [4.69, 9.17) is 5.26 Å². The van der Waals surface area contributed by atoms with Crippen molar-refractivity contribution in [1.82, 2.24) is 5.32 Å². The van der Waals surface area contributed by atoms with E-state index >= 15 is 0 Å². The smallest absolute Gasteiger partial charge is 0.0930 e. The summed E-state index contributed by atoms with van der Waals surface area (Å²) < 4.78 is 0. The van der Waals surface area contributed by atoms with Gasteiger partial charge in [0.15, 0.2) is 0 Å². The lowest BCUT2D eigenvalue weighted by molar-refractivity contribution is 0.634. The molecule has 1 aliphatic rings. The molecule has 0 bridgehead atoms. The van der Waals surface area contributed by atoms with Crippen molar-refractivity contribution < 1.29 is 0 Å². The van der Waals surface area contributed by atoms with E-state index in [0.29, 0.717) is 0 Å². The van der Waals surface area contributed by atoms with Crippen LogP contribution in [0.4, 0.5) is 0 Å². The lowest BCUT2D eigenvalue weighted by Gasteiger charge is -2.17. The van der Waals surface area contributed by atoms with Crippen molar-refractivity contribution in [3.63, 3.8) is 0 Å². The lowest BCUT2D eigenvalue weighted by atomic mass is 10.2. The van der Waals surface area contributed by atoms with Gasteiger partial charge in [-0.2, -0.15) is 5.26 Å². The molecule has 7 heavy (non-hydrogen) atoms. The molecule has 1 fully saturated rings. The summed E-state index contributed by atoms with van der Waals surface area (Å²) in [6.07, 6.45) is 2.59. The van der Waals surface area contributed by atoms with Gasteiger partial charge in [0.1, 0.15) is 0 Å². The Morgan fingerprint density at radius 1 is 1.86 bits per heavy atom. The molecule has 1 rings (SSSR count). The monoisotopic (exact) mass is 94.1 g/mol. The maximum Gasteiger partial charge on any atom is 0.0930 e. The first kappa shape index (κ1) is 4.20. The van der Waals surface area contributed by atoms with Crippen molar-refractivity contribution in [2.75, 3.05) is 6.54 Å². The van der Waals surface area contributed by atoms with Crippen LogP contribution < -0.4 is 5.32 Å². The highest BCUT2D eigenvalue weighted by Gasteiger charge is 2.03. The minimum Gasteiger partial charge on any atom is -0.387 e. The molecule has 0 aromatic rings. The van der Waals surface area contributed by atoms with Crippen molar-refractivity contribution in [3.8, 4) is 6.07 Å². The number of hydrogen-bond acceptors (Lipinski definition) is 2. The average molecular weight is 94.1 g/mol. The van der Waals surface area contributed by atoms with E-state index in [0.717, 1.165) is 18.7 Å². The minimum atomic E-state index is 1.04. The number of nitriles is 1. The molecule has 2 heteroatoms. The average Bonchev–Trinajstić information content (AvgIpc) is 1.55. The molecule has 1 aliphatic heterocycles. The number of nitrogens with zero attached hydrogens (tertiary/aromatic N) is 1. The highest BCUT2D eigenvalue weighted by atomic mass is 14.9. The van der Waals surface area contributed by atoms with E-state index in [-0.39, 0.29) is 0 Å². The predicted molar refractivity (Wildman–Crippen MR) is 26.3 cm³/mol. The standard InChI is InChI=1S/C5H6N2/c6-3-1-5-2-4-7-5/h1,7H,2,4H2. The van der Waals surface area contributed by atoms with Crippen LogP contribution in [-0.4, -0.2) is 6.54 Å². The Hall–Kier alpha value is -0.970. The van der Waals surface area contributed by atoms with Crippen LogP contribution in [0.15, 0.2) is 11.8 Å². The molecule has 1 heterocycles. The Kier molecular flexibility index (Phi) is 0.991. The zero-order valence-corrected chi connectivity index (χ0v) is 3.94. The van der Waals surface area contributed by atoms with Crippen LogP contribution in [0.2, 0.25) is 0 Å². The van der Waals surface area contributed by atoms with Crippen LogP contribution in [0.5, 0.6) is 0 Å². The van der Waals surface area contributed by atoms with Crippen molar-refractivity contribution in [2.45, 2.75) is 6.42 Å². The Balaban J connectivity index is 2.41. The van der Waals surface area contributed by atoms with Crippen LogP contribution >= 0.6 is 0 Å². The van der Waals surface area contributed by atoms with Crippen LogP contribution in [0.25, 0.3) is 0 Å². The van der Waals surface area contributed by atoms with Gasteiger partial charge in [-0.25, -0.2) is 0 Å². The zero-order valence-electron chi connectivity index (χ0n) is 3.94. The summed E-state index contributed by atoms with van der Waals surface area (Å²) in [7, 11) is 0. The minimum absolute atomic E-state index is 1.04. The number of allylic oxidation sites excluding steroid dienone is 1. The molecule has 0 radical (unpaired) electrons. The summed E-state index contributed by atoms with van der Waals surface area (Å²) in [6, 6.07) is 1.95. The highest BCUT2D eigenvalue weighted by molar-refractivity contribution is 5.16. The summed E-state index contributed by atoms with van der Waals surface area (Å²) in [6.45, 7) is 1.04. The first-order valence-electron chi connectivity index (χ1n) is 2.26. The fraction of sp³-hybridized carbons (Fsp3) is 0.400. The predicted octanol–water partition coefficient (Wildman–Crippen LogP) is 0.387. The maximum absolute atomic E-state index is 8.04. The molecule has 0 amide bonds. The van der Waals surface area contributed by atoms with Crippen molar-refractivity contribution >= 4 is 0 Å². The van der Waals surface area contributed by atoms with Gasteiger partial charge in [0.25, 0.3) is 0 Å². The number of hydrogen-bond donors (Lipinski definition) is 1. The molecule has 0 spiro atoms. The molecular weight excluding hydrogens is 88.1 g/mol. The second-order valence-electron chi connectivity index (χ2n) is 1.48. The Morgan fingerprint density at radius 3 is 2.71 bits per heavy atom. The van der Waals surface area contributed by atoms with Crippen molar-refractivity contribution in [1.29, 1.82) is 5.26 Å². The van der Waals surface area contributed by atoms with Gasteiger partial charge in [-0.15, -0.1) is 0 Å². The topological polar surface area (TPSA) is 35.8 Å². The van der Waals surface area contributed by atoms with Gasteiger partial charge in [0.05, 0.1) is 6.07 Å². The van der Waals surface area contributed by atoms with Crippen LogP contribution in [-0.2, 0) is 0 Å². The summed E-state index contributed by atoms with van der Waals surface area (Å²) in [5, 5.41) is 11.0. The SMILES string of the molecule is N#CC=C1CCN1. The van der Waals surface area contributed by atoms with Crippen LogP contribution in [0, 0.1) is 11.3 Å². The Morgan fingerprint density at radius 2 is 2.57 bits per heavy atom. The second kappa shape index (κ2) is 1.65. The van der Waals surface area contributed by atoms with Gasteiger partial charge in [-0.1, -0.05) is 0 Å². The van der Waals surface area contributed by atoms with E-state index in [9.17, 15) is 0 Å². The van der Waals surface area contributed by atoms with Crippen LogP contribution in [0.1, 0.15) is 6.42 Å². The lowest BCUT2D eigenvalue weighted by Crippen LogP contribution is -2.27. The van der Waals surface area contributed by atoms with E-state index in [1.165, 1.54) is 0 Å². The van der Waals surface area contributed by atoms with Crippen molar-refractivity contribution in [2.24, 2.45) is 0 Å². The Bertz CT molecular complexity index is 124. The highest BCUT2D eigenvalue weighted by Crippen LogP contribution is 2.03. The molecule has 0 aromatic heterocycles. The summed E-state index contributed by atoms with van der Waals surface area (Å²) >= 11 is 0. The molecule has 0 saturated carbocycles. The first-order chi connectivity index (χ1) is 3.43. The molecule has 0 aliphatic carbocycles. The van der Waals surface area contributed by atoms with Gasteiger partial charge in [-0.05, 0) is 0 Å². The maximum atomic E-state index is 8.04. The molecule has 2 nitrogen and oxygen atoms in total. The van der Waals surface area contributed by atoms with Crippen LogP contribution in [0.3, 0.4) is 0 Å². The fourth-order valence-electron chi connectivity index (χ4n) is 0.470. The van der Waals surface area contributed by atoms with Gasteiger partial charge >= 0.3 is 0 Å². The van der Waals surface area contributed by atoms with E-state index in [1.807, 2.05) is 6.07 Å². The van der Waals surface area contributed by atoms with Gasteiger partial charge in [0.2, 0.25) is 0 Å². The third kappa shape index (κ3) is 0.716. The Labute approximate surface area is 42.4 Å². The quantitative estimate of drug-likeness (QED) is 0.441. The third-order valence-electron chi connectivity index (χ3n) is 0.985. The van der Waals surface area contributed by atoms with Gasteiger partial charge in [-0.3, -0.25) is 0 Å². The number of rotatable bonds is 0. The molecular formula is C5H6N2. The molecule has 0 aromatic carbocycles. The molecule has 36 valence electrons. The zero-order chi connectivity index (χ0) is 5.11. The molecule has 0 atom stereocenters. The van der Waals surface area contributed by atoms with Crippen molar-refractivity contribution in [3.05, 3.63) is 11.8 Å². The van der Waals surface area contributed by atoms with Gasteiger partial charge < -0.3 is 5.32 Å². The van der Waals surface area contributed by atoms with E-state index < -0.39 is 0 Å².